The molecule has 0 bridgehead atoms. The summed E-state index contributed by atoms with van der Waals surface area (Å²) in [7, 11) is 3.10. The zero-order valence-corrected chi connectivity index (χ0v) is 16.3. The van der Waals surface area contributed by atoms with Gasteiger partial charge in [-0.15, -0.1) is 0 Å². The number of benzene rings is 1. The van der Waals surface area contributed by atoms with Crippen LogP contribution in [-0.2, 0) is 20.6 Å². The van der Waals surface area contributed by atoms with Crippen LogP contribution in [-0.4, -0.2) is 24.4 Å². The van der Waals surface area contributed by atoms with Crippen molar-refractivity contribution >= 4 is 34.5 Å². The zero-order chi connectivity index (χ0) is 18.8. The summed E-state index contributed by atoms with van der Waals surface area (Å²) in [6.07, 6.45) is 3.98. The minimum Gasteiger partial charge on any atom is -0.309 e. The molecule has 2 aromatic heterocycles. The third-order valence-electron chi connectivity index (χ3n) is 4.14. The third kappa shape index (κ3) is 3.24. The second-order valence-electron chi connectivity index (χ2n) is 5.83. The monoisotopic (exact) mass is 390 g/mol. The molecule has 0 aliphatic heterocycles. The molecule has 0 aliphatic carbocycles. The summed E-state index contributed by atoms with van der Waals surface area (Å²) in [4.78, 5) is 29.6. The highest BCUT2D eigenvalue weighted by molar-refractivity contribution is 7.99. The van der Waals surface area contributed by atoms with Gasteiger partial charge in [0.2, 0.25) is 0 Å². The number of fused-ring (bicyclic) bond motifs is 1. The molecule has 8 heteroatoms. The Labute approximate surface area is 159 Å². The second-order valence-corrected chi connectivity index (χ2v) is 7.22. The highest BCUT2D eigenvalue weighted by Gasteiger charge is 2.19. The maximum absolute atomic E-state index is 12.8. The molecule has 26 heavy (non-hydrogen) atoms. The molecule has 0 N–H and O–H groups in total. The van der Waals surface area contributed by atoms with Gasteiger partial charge in [-0.05, 0) is 18.6 Å². The van der Waals surface area contributed by atoms with Crippen molar-refractivity contribution in [2.24, 2.45) is 14.1 Å². The predicted octanol–water partition coefficient (Wildman–Crippen LogP) is 2.80. The number of allylic oxidation sites excluding steroid dienone is 1. The number of hydrogen-bond donors (Lipinski definition) is 0. The van der Waals surface area contributed by atoms with Crippen molar-refractivity contribution in [2.75, 3.05) is 5.75 Å². The molecule has 0 saturated carbocycles. The number of aromatic nitrogens is 4. The zero-order valence-electron chi connectivity index (χ0n) is 14.8. The molecule has 136 valence electrons. The van der Waals surface area contributed by atoms with E-state index in [4.69, 9.17) is 11.6 Å². The molecule has 0 atom stereocenters. The van der Waals surface area contributed by atoms with E-state index in [9.17, 15) is 9.59 Å². The fourth-order valence-electron chi connectivity index (χ4n) is 2.70. The van der Waals surface area contributed by atoms with Gasteiger partial charge in [-0.25, -0.2) is 9.78 Å². The number of imidazole rings is 1. The van der Waals surface area contributed by atoms with Crippen LogP contribution >= 0.6 is 23.4 Å². The molecule has 1 aromatic carbocycles. The molecule has 0 fully saturated rings. The lowest BCUT2D eigenvalue weighted by Gasteiger charge is -2.10. The van der Waals surface area contributed by atoms with Crippen LogP contribution in [0.1, 0.15) is 12.5 Å². The van der Waals surface area contributed by atoms with E-state index in [1.54, 1.807) is 7.05 Å². The second kappa shape index (κ2) is 7.55. The van der Waals surface area contributed by atoms with Crippen LogP contribution in [0.25, 0.3) is 11.2 Å². The minimum atomic E-state index is -0.394. The average Bonchev–Trinajstić information content (AvgIpc) is 2.99. The van der Waals surface area contributed by atoms with Crippen LogP contribution in [0.4, 0.5) is 0 Å². The van der Waals surface area contributed by atoms with Gasteiger partial charge < -0.3 is 4.57 Å². The smallest absolute Gasteiger partial charge is 0.309 e. The molecular formula is C18H19ClN4O2S. The number of rotatable bonds is 5. The van der Waals surface area contributed by atoms with Crippen LogP contribution in [0.15, 0.2) is 51.2 Å². The first-order valence-electron chi connectivity index (χ1n) is 8.09. The molecule has 6 nitrogen and oxygen atoms in total. The summed E-state index contributed by atoms with van der Waals surface area (Å²) in [5.74, 6) is 0.719. The van der Waals surface area contributed by atoms with Gasteiger partial charge >= 0.3 is 5.69 Å². The standard InChI is InChI=1S/C18H19ClN4O2S/c1-4-5-10-26-17-20-15-14(16(24)22(3)18(25)21(15)2)23(17)11-12-8-6-7-9-13(12)19/h4-9H,10-11H2,1-3H3/b5-4-. The average molecular weight is 391 g/mol. The Morgan fingerprint density at radius 1 is 1.19 bits per heavy atom. The molecular weight excluding hydrogens is 372 g/mol. The summed E-state index contributed by atoms with van der Waals surface area (Å²) < 4.78 is 4.35. The molecule has 0 unspecified atom stereocenters. The normalized spacial score (nSPS) is 11.7. The van der Waals surface area contributed by atoms with Crippen molar-refractivity contribution in [3.63, 3.8) is 0 Å². The van der Waals surface area contributed by atoms with Crippen molar-refractivity contribution < 1.29 is 0 Å². The largest absolute Gasteiger partial charge is 0.332 e. The van der Waals surface area contributed by atoms with Gasteiger partial charge in [-0.3, -0.25) is 13.9 Å². The van der Waals surface area contributed by atoms with Crippen molar-refractivity contribution in [1.29, 1.82) is 0 Å². The maximum atomic E-state index is 12.8. The van der Waals surface area contributed by atoms with E-state index >= 15 is 0 Å². The van der Waals surface area contributed by atoms with Gasteiger partial charge in [0, 0.05) is 24.9 Å². The molecule has 3 aromatic rings. The first-order chi connectivity index (χ1) is 12.5. The summed E-state index contributed by atoms with van der Waals surface area (Å²) >= 11 is 7.82. The van der Waals surface area contributed by atoms with Gasteiger partial charge in [0.25, 0.3) is 5.56 Å². The summed E-state index contributed by atoms with van der Waals surface area (Å²) in [5.41, 5.74) is 0.915. The van der Waals surface area contributed by atoms with Gasteiger partial charge in [0.15, 0.2) is 16.3 Å². The number of hydrogen-bond acceptors (Lipinski definition) is 4. The SMILES string of the molecule is C/C=C\CSc1nc2c(c(=O)n(C)c(=O)n2C)n1Cc1ccccc1Cl. The van der Waals surface area contributed by atoms with E-state index in [1.165, 1.54) is 23.4 Å². The summed E-state index contributed by atoms with van der Waals surface area (Å²) in [6, 6.07) is 7.50. The van der Waals surface area contributed by atoms with E-state index in [0.29, 0.717) is 27.9 Å². The molecule has 0 amide bonds. The summed E-state index contributed by atoms with van der Waals surface area (Å²) in [6.45, 7) is 2.36. The Kier molecular flexibility index (Phi) is 5.38. The van der Waals surface area contributed by atoms with Crippen LogP contribution in [0.3, 0.4) is 0 Å². The van der Waals surface area contributed by atoms with Crippen molar-refractivity contribution in [3.05, 3.63) is 67.8 Å². The quantitative estimate of drug-likeness (QED) is 0.496. The minimum absolute atomic E-state index is 0.361. The molecule has 0 saturated heterocycles. The Morgan fingerprint density at radius 2 is 1.92 bits per heavy atom. The highest BCUT2D eigenvalue weighted by atomic mass is 35.5. The highest BCUT2D eigenvalue weighted by Crippen LogP contribution is 2.25. The lowest BCUT2D eigenvalue weighted by molar-refractivity contribution is 0.697. The Balaban J connectivity index is 2.26. The molecule has 0 spiro atoms. The van der Waals surface area contributed by atoms with Crippen molar-refractivity contribution in [1.82, 2.24) is 18.7 Å². The van der Waals surface area contributed by atoms with E-state index < -0.39 is 5.69 Å². The molecule has 2 heterocycles. The van der Waals surface area contributed by atoms with Gasteiger partial charge in [0.1, 0.15) is 0 Å². The van der Waals surface area contributed by atoms with E-state index in [1.807, 2.05) is 47.9 Å². The van der Waals surface area contributed by atoms with Gasteiger partial charge in [0.05, 0.1) is 6.54 Å². The molecule has 3 rings (SSSR count). The van der Waals surface area contributed by atoms with Crippen LogP contribution in [0, 0.1) is 0 Å². The van der Waals surface area contributed by atoms with Gasteiger partial charge in [-0.2, -0.15) is 0 Å². The molecule has 0 aliphatic rings. The number of nitrogens with zero attached hydrogens (tertiary/aromatic N) is 4. The van der Waals surface area contributed by atoms with Gasteiger partial charge in [-0.1, -0.05) is 53.7 Å². The van der Waals surface area contributed by atoms with Crippen molar-refractivity contribution in [2.45, 2.75) is 18.6 Å². The van der Waals surface area contributed by atoms with Crippen LogP contribution in [0.5, 0.6) is 0 Å². The van der Waals surface area contributed by atoms with E-state index in [0.717, 1.165) is 15.9 Å². The Bertz CT molecular complexity index is 1110. The maximum Gasteiger partial charge on any atom is 0.332 e. The topological polar surface area (TPSA) is 61.8 Å². The molecule has 0 radical (unpaired) electrons. The van der Waals surface area contributed by atoms with Crippen molar-refractivity contribution in [3.8, 4) is 0 Å². The number of halogens is 1. The van der Waals surface area contributed by atoms with Crippen LogP contribution < -0.4 is 11.2 Å². The first kappa shape index (κ1) is 18.5. The first-order valence-corrected chi connectivity index (χ1v) is 9.45. The van der Waals surface area contributed by atoms with E-state index in [2.05, 4.69) is 4.98 Å². The van der Waals surface area contributed by atoms with Crippen LogP contribution in [0.2, 0.25) is 5.02 Å². The third-order valence-corrected chi connectivity index (χ3v) is 5.44. The fraction of sp³-hybridized carbons (Fsp3) is 0.278. The number of aryl methyl sites for hydroxylation is 1. The predicted molar refractivity (Wildman–Crippen MR) is 106 cm³/mol. The lowest BCUT2D eigenvalue weighted by atomic mass is 10.2. The Hall–Kier alpha value is -2.25. The number of thioether (sulfide) groups is 1. The Morgan fingerprint density at radius 3 is 2.62 bits per heavy atom. The lowest BCUT2D eigenvalue weighted by Crippen LogP contribution is -2.37. The fourth-order valence-corrected chi connectivity index (χ4v) is 3.80. The van der Waals surface area contributed by atoms with E-state index in [-0.39, 0.29) is 5.56 Å². The summed E-state index contributed by atoms with van der Waals surface area (Å²) in [5, 5.41) is 1.30.